The zero-order valence-corrected chi connectivity index (χ0v) is 6.16. The molecule has 66 valence electrons. The molecule has 0 bridgehead atoms. The molecule has 0 unspecified atom stereocenters. The molecule has 1 aliphatic rings. The Balaban J connectivity index is 0.000000187. The highest BCUT2D eigenvalue weighted by Crippen LogP contribution is 2.34. The molecular weight excluding hydrogens is 182 g/mol. The van der Waals surface area contributed by atoms with Gasteiger partial charge >= 0.3 is 14.1 Å². The zero-order chi connectivity index (χ0) is 8.91. The maximum atomic E-state index is 10.4. The van der Waals surface area contributed by atoms with Gasteiger partial charge in [0.2, 0.25) is 0 Å². The quantitative estimate of drug-likeness (QED) is 0.416. The lowest BCUT2D eigenvalue weighted by Gasteiger charge is -1.78. The summed E-state index contributed by atoms with van der Waals surface area (Å²) in [5.41, 5.74) is 0. The Hall–Kier alpha value is -0.650. The van der Waals surface area contributed by atoms with Gasteiger partial charge in [-0.15, -0.1) is 4.20 Å². The Labute approximate surface area is 61.2 Å². The van der Waals surface area contributed by atoms with Crippen LogP contribution in [-0.2, 0) is 14.0 Å². The van der Waals surface area contributed by atoms with Gasteiger partial charge in [-0.3, -0.25) is 9.79 Å². The van der Waals surface area contributed by atoms with Gasteiger partial charge < -0.3 is 9.47 Å². The van der Waals surface area contributed by atoms with Gasteiger partial charge in [0.15, 0.2) is 0 Å². The molecule has 0 radical (unpaired) electrons. The lowest BCUT2D eigenvalue weighted by atomic mass is 10.8. The van der Waals surface area contributed by atoms with Crippen molar-refractivity contribution in [2.24, 2.45) is 0 Å². The first-order chi connectivity index (χ1) is 4.89. The number of hydrogen-bond donors (Lipinski definition) is 2. The molecule has 1 heterocycles. The molecular formula is C3H6FO6P. The van der Waals surface area contributed by atoms with Gasteiger partial charge in [-0.05, 0) is 0 Å². The third-order valence-corrected chi connectivity index (χ3v) is 0.523. The maximum absolute atomic E-state index is 10.4. The average Bonchev–Trinajstić information content (AvgIpc) is 2.12. The molecule has 0 saturated carbocycles. The molecule has 0 spiro atoms. The Morgan fingerprint density at radius 1 is 1.36 bits per heavy atom. The van der Waals surface area contributed by atoms with Crippen LogP contribution in [0, 0.1) is 0 Å². The second-order valence-corrected chi connectivity index (χ2v) is 2.37. The number of hydrogen-bond acceptors (Lipinski definition) is 4. The summed E-state index contributed by atoms with van der Waals surface area (Å²) < 4.78 is 27.6. The third-order valence-electron chi connectivity index (χ3n) is 0.523. The molecule has 0 aromatic heterocycles. The largest absolute Gasteiger partial charge is 0.508 e. The van der Waals surface area contributed by atoms with Crippen molar-refractivity contribution in [3.63, 3.8) is 0 Å². The van der Waals surface area contributed by atoms with Crippen LogP contribution in [0.1, 0.15) is 0 Å². The molecule has 0 aromatic carbocycles. The van der Waals surface area contributed by atoms with Crippen molar-refractivity contribution < 1.29 is 32.8 Å². The third kappa shape index (κ3) is 12.5. The fourth-order valence-electron chi connectivity index (χ4n) is 0.292. The van der Waals surface area contributed by atoms with Crippen LogP contribution in [0.25, 0.3) is 0 Å². The first kappa shape index (κ1) is 10.3. The highest BCUT2D eigenvalue weighted by atomic mass is 31.2. The van der Waals surface area contributed by atoms with E-state index in [-0.39, 0.29) is 0 Å². The minimum absolute atomic E-state index is 0.416. The average molecular weight is 188 g/mol. The van der Waals surface area contributed by atoms with Gasteiger partial charge in [0.1, 0.15) is 13.2 Å². The summed E-state index contributed by atoms with van der Waals surface area (Å²) in [6.45, 7) is 0.831. The van der Waals surface area contributed by atoms with Crippen LogP contribution in [0.4, 0.5) is 8.99 Å². The maximum Gasteiger partial charge on any atom is 0.508 e. The topological polar surface area (TPSA) is 93.1 Å². The molecule has 8 heteroatoms. The monoisotopic (exact) mass is 188 g/mol. The highest BCUT2D eigenvalue weighted by molar-refractivity contribution is 7.45. The van der Waals surface area contributed by atoms with Crippen molar-refractivity contribution in [2.75, 3.05) is 13.2 Å². The molecule has 1 saturated heterocycles. The predicted molar refractivity (Wildman–Crippen MR) is 30.5 cm³/mol. The minimum atomic E-state index is -5.14. The molecule has 0 aliphatic carbocycles. The van der Waals surface area contributed by atoms with Gasteiger partial charge in [0, 0.05) is 0 Å². The molecule has 1 aliphatic heterocycles. The Bertz CT molecular complexity index is 158. The van der Waals surface area contributed by atoms with Crippen molar-refractivity contribution >= 4 is 14.1 Å². The van der Waals surface area contributed by atoms with E-state index in [2.05, 4.69) is 9.47 Å². The lowest BCUT2D eigenvalue weighted by molar-refractivity contribution is 0.131. The van der Waals surface area contributed by atoms with E-state index in [0.717, 1.165) is 0 Å². The Morgan fingerprint density at radius 3 is 1.73 bits per heavy atom. The highest BCUT2D eigenvalue weighted by Gasteiger charge is 2.09. The first-order valence-corrected chi connectivity index (χ1v) is 3.94. The number of carbonyl (C=O) groups is 1. The van der Waals surface area contributed by atoms with E-state index >= 15 is 0 Å². The van der Waals surface area contributed by atoms with Crippen LogP contribution in [0.15, 0.2) is 0 Å². The summed E-state index contributed by atoms with van der Waals surface area (Å²) in [6.07, 6.45) is -0.546. The van der Waals surface area contributed by atoms with Crippen LogP contribution in [0.5, 0.6) is 0 Å². The van der Waals surface area contributed by atoms with Gasteiger partial charge in [-0.2, -0.15) is 0 Å². The second-order valence-electron chi connectivity index (χ2n) is 1.42. The fourth-order valence-corrected chi connectivity index (χ4v) is 0.292. The Morgan fingerprint density at radius 2 is 1.64 bits per heavy atom. The summed E-state index contributed by atoms with van der Waals surface area (Å²) in [5.74, 6) is 0. The molecule has 1 fully saturated rings. The SMILES string of the molecule is O=C1OCCO1.O=P(O)(O)F. The lowest BCUT2D eigenvalue weighted by Crippen LogP contribution is -1.88. The normalized spacial score (nSPS) is 16.1. The van der Waals surface area contributed by atoms with Crippen LogP contribution >= 0.6 is 7.91 Å². The van der Waals surface area contributed by atoms with Crippen molar-refractivity contribution in [3.05, 3.63) is 0 Å². The molecule has 0 aromatic rings. The van der Waals surface area contributed by atoms with Crippen LogP contribution in [-0.4, -0.2) is 29.2 Å². The van der Waals surface area contributed by atoms with Crippen molar-refractivity contribution in [1.29, 1.82) is 0 Å². The van der Waals surface area contributed by atoms with Crippen LogP contribution in [0.3, 0.4) is 0 Å². The summed E-state index contributed by atoms with van der Waals surface area (Å²) in [5, 5.41) is 0. The number of cyclic esters (lactones) is 2. The van der Waals surface area contributed by atoms with Gasteiger partial charge in [-0.1, -0.05) is 0 Å². The molecule has 0 amide bonds. The van der Waals surface area contributed by atoms with E-state index in [1.165, 1.54) is 0 Å². The van der Waals surface area contributed by atoms with Crippen molar-refractivity contribution in [1.82, 2.24) is 0 Å². The van der Waals surface area contributed by atoms with E-state index in [1.54, 1.807) is 0 Å². The van der Waals surface area contributed by atoms with E-state index < -0.39 is 14.1 Å². The summed E-state index contributed by atoms with van der Waals surface area (Å²) in [4.78, 5) is 23.7. The summed E-state index contributed by atoms with van der Waals surface area (Å²) in [6, 6.07) is 0. The van der Waals surface area contributed by atoms with Crippen LogP contribution in [0.2, 0.25) is 0 Å². The molecule has 1 rings (SSSR count). The molecule has 6 nitrogen and oxygen atoms in total. The van der Waals surface area contributed by atoms with E-state index in [1.807, 2.05) is 0 Å². The molecule has 0 atom stereocenters. The van der Waals surface area contributed by atoms with E-state index in [9.17, 15) is 8.99 Å². The summed E-state index contributed by atoms with van der Waals surface area (Å²) in [7, 11) is -5.14. The predicted octanol–water partition coefficient (Wildman–Crippen LogP) is 0.202. The van der Waals surface area contributed by atoms with Gasteiger partial charge in [0.05, 0.1) is 0 Å². The van der Waals surface area contributed by atoms with Gasteiger partial charge in [0.25, 0.3) is 0 Å². The summed E-state index contributed by atoms with van der Waals surface area (Å²) >= 11 is 0. The van der Waals surface area contributed by atoms with Crippen molar-refractivity contribution in [2.45, 2.75) is 0 Å². The molecule has 2 N–H and O–H groups in total. The minimum Gasteiger partial charge on any atom is -0.431 e. The van der Waals surface area contributed by atoms with Crippen molar-refractivity contribution in [3.8, 4) is 0 Å². The second kappa shape index (κ2) is 4.27. The van der Waals surface area contributed by atoms with Crippen LogP contribution < -0.4 is 0 Å². The standard InChI is InChI=1S/C3H4O3.FH2O3P/c4-3-5-1-2-6-3;1-5(2,3)4/h1-2H2;(H2,2,3,4). The number of halogens is 1. The number of carbonyl (C=O) groups excluding carboxylic acids is 1. The zero-order valence-electron chi connectivity index (χ0n) is 5.27. The Kier molecular flexibility index (Phi) is 4.02. The first-order valence-electron chi connectivity index (χ1n) is 2.44. The number of rotatable bonds is 0. The van der Waals surface area contributed by atoms with E-state index in [0.29, 0.717) is 13.2 Å². The smallest absolute Gasteiger partial charge is 0.431 e. The fraction of sp³-hybridized carbons (Fsp3) is 0.667. The number of ether oxygens (including phenoxy) is 2. The molecule has 11 heavy (non-hydrogen) atoms. The van der Waals surface area contributed by atoms with E-state index in [4.69, 9.17) is 14.4 Å². The van der Waals surface area contributed by atoms with Gasteiger partial charge in [-0.25, -0.2) is 9.36 Å².